The van der Waals surface area contributed by atoms with Crippen molar-refractivity contribution in [2.75, 3.05) is 0 Å². The Labute approximate surface area is 93.5 Å². The number of rotatable bonds is 0. The molecule has 0 N–H and O–H groups in total. The number of allylic oxidation sites excluding steroid dienone is 1. The molecule has 2 nitrogen and oxygen atoms in total. The molecule has 0 saturated heterocycles. The van der Waals surface area contributed by atoms with Crippen LogP contribution in [0.2, 0.25) is 0 Å². The van der Waals surface area contributed by atoms with Crippen LogP contribution >= 0.6 is 0 Å². The first kappa shape index (κ1) is 13.8. The molecule has 0 bridgehead atoms. The van der Waals surface area contributed by atoms with Gasteiger partial charge in [0.1, 0.15) is 6.33 Å². The van der Waals surface area contributed by atoms with Crippen molar-refractivity contribution in [1.82, 2.24) is 9.97 Å². The molecule has 0 amide bonds. The lowest BCUT2D eigenvalue weighted by atomic mass is 9.93. The molecule has 0 radical (unpaired) electrons. The smallest absolute Gasteiger partial charge is 0.115 e. The maximum absolute atomic E-state index is 4.20. The van der Waals surface area contributed by atoms with Gasteiger partial charge in [0.05, 0.1) is 5.69 Å². The summed E-state index contributed by atoms with van der Waals surface area (Å²) in [7, 11) is 0. The third-order valence-corrected chi connectivity index (χ3v) is 2.07. The van der Waals surface area contributed by atoms with Crippen molar-refractivity contribution in [3.63, 3.8) is 0 Å². The van der Waals surface area contributed by atoms with Gasteiger partial charge in [-0.3, -0.25) is 0 Å². The summed E-state index contributed by atoms with van der Waals surface area (Å²) < 4.78 is 0. The molecule has 1 aliphatic carbocycles. The molecule has 0 spiro atoms. The van der Waals surface area contributed by atoms with E-state index in [2.05, 4.69) is 16.5 Å². The van der Waals surface area contributed by atoms with E-state index in [1.54, 1.807) is 6.33 Å². The van der Waals surface area contributed by atoms with E-state index >= 15 is 0 Å². The van der Waals surface area contributed by atoms with Gasteiger partial charge in [0, 0.05) is 11.8 Å². The molecule has 1 aliphatic rings. The van der Waals surface area contributed by atoms with E-state index in [-0.39, 0.29) is 0 Å². The first-order valence-corrected chi connectivity index (χ1v) is 5.85. The average Bonchev–Trinajstić information content (AvgIpc) is 2.35. The summed E-state index contributed by atoms with van der Waals surface area (Å²) in [5.74, 6) is 0. The van der Waals surface area contributed by atoms with Crippen LogP contribution in [-0.4, -0.2) is 9.97 Å². The Hall–Kier alpha value is -1.18. The molecule has 84 valence electrons. The van der Waals surface area contributed by atoms with Gasteiger partial charge < -0.3 is 0 Å². The molecule has 0 aromatic carbocycles. The highest BCUT2D eigenvalue weighted by atomic mass is 14.8. The molecule has 0 atom stereocenters. The second-order valence-corrected chi connectivity index (χ2v) is 2.84. The van der Waals surface area contributed by atoms with Crippen molar-refractivity contribution in [2.45, 2.75) is 47.0 Å². The van der Waals surface area contributed by atoms with Crippen molar-refractivity contribution in [3.05, 3.63) is 30.4 Å². The molecular weight excluding hydrogens is 184 g/mol. The number of aromatic nitrogens is 2. The highest BCUT2D eigenvalue weighted by Gasteiger charge is 2.12. The van der Waals surface area contributed by atoms with Crippen LogP contribution in [0.3, 0.4) is 0 Å². The van der Waals surface area contributed by atoms with Gasteiger partial charge >= 0.3 is 0 Å². The molecule has 0 aliphatic heterocycles. The number of hydrogen-bond donors (Lipinski definition) is 0. The summed E-state index contributed by atoms with van der Waals surface area (Å²) in [6.07, 6.45) is 6.83. The average molecular weight is 206 g/mol. The topological polar surface area (TPSA) is 25.8 Å². The Morgan fingerprint density at radius 1 is 1.13 bits per heavy atom. The Kier molecular flexibility index (Phi) is 7.51. The summed E-state index contributed by atoms with van der Waals surface area (Å²) in [4.78, 5) is 8.17. The molecule has 0 fully saturated rings. The molecule has 1 heterocycles. The lowest BCUT2D eigenvalue weighted by Gasteiger charge is -2.15. The number of hydrogen-bond acceptors (Lipinski definition) is 2. The summed E-state index contributed by atoms with van der Waals surface area (Å²) in [5.41, 5.74) is 3.52. The van der Waals surface area contributed by atoms with Gasteiger partial charge in [0.25, 0.3) is 0 Å². The lowest BCUT2D eigenvalue weighted by molar-refractivity contribution is 0.786. The van der Waals surface area contributed by atoms with Crippen molar-refractivity contribution in [2.24, 2.45) is 0 Å². The van der Waals surface area contributed by atoms with Crippen LogP contribution in [-0.2, 0) is 6.42 Å². The normalized spacial score (nSPS) is 12.7. The van der Waals surface area contributed by atoms with Gasteiger partial charge in [0.2, 0.25) is 0 Å². The van der Waals surface area contributed by atoms with Crippen LogP contribution in [0, 0.1) is 0 Å². The highest BCUT2D eigenvalue weighted by Crippen LogP contribution is 2.26. The lowest BCUT2D eigenvalue weighted by Crippen LogP contribution is -2.03. The molecule has 1 aromatic rings. The third-order valence-electron chi connectivity index (χ3n) is 2.07. The zero-order valence-corrected chi connectivity index (χ0v) is 10.4. The zero-order chi connectivity index (χ0) is 11.7. The van der Waals surface area contributed by atoms with Crippen molar-refractivity contribution < 1.29 is 0 Å². The van der Waals surface area contributed by atoms with Gasteiger partial charge in [-0.15, -0.1) is 0 Å². The number of aryl methyl sites for hydroxylation is 1. The molecule has 2 heteroatoms. The molecular formula is C13H22N2. The predicted octanol–water partition coefficient (Wildman–Crippen LogP) is 3.88. The van der Waals surface area contributed by atoms with Crippen LogP contribution in [0.15, 0.2) is 19.1 Å². The maximum Gasteiger partial charge on any atom is 0.115 e. The van der Waals surface area contributed by atoms with Crippen LogP contribution in [0.25, 0.3) is 5.57 Å². The first-order chi connectivity index (χ1) is 7.38. The fraction of sp³-hybridized carbons (Fsp3) is 0.538. The first-order valence-electron chi connectivity index (χ1n) is 5.85. The van der Waals surface area contributed by atoms with Crippen LogP contribution in [0.5, 0.6) is 0 Å². The fourth-order valence-corrected chi connectivity index (χ4v) is 1.45. The van der Waals surface area contributed by atoms with Gasteiger partial charge in [-0.05, 0) is 24.8 Å². The number of fused-ring (bicyclic) bond motifs is 1. The van der Waals surface area contributed by atoms with Gasteiger partial charge in [-0.1, -0.05) is 34.3 Å². The minimum absolute atomic E-state index is 1.08. The quantitative estimate of drug-likeness (QED) is 0.643. The Morgan fingerprint density at radius 2 is 1.80 bits per heavy atom. The maximum atomic E-state index is 4.20. The monoisotopic (exact) mass is 206 g/mol. The minimum atomic E-state index is 1.08. The summed E-state index contributed by atoms with van der Waals surface area (Å²) in [5, 5.41) is 0. The predicted molar refractivity (Wildman–Crippen MR) is 66.7 cm³/mol. The Bertz CT molecular complexity index is 292. The van der Waals surface area contributed by atoms with E-state index in [9.17, 15) is 0 Å². The third kappa shape index (κ3) is 3.82. The van der Waals surface area contributed by atoms with E-state index in [1.807, 2.05) is 33.9 Å². The van der Waals surface area contributed by atoms with E-state index < -0.39 is 0 Å². The summed E-state index contributed by atoms with van der Waals surface area (Å²) in [6.45, 7) is 12.0. The van der Waals surface area contributed by atoms with Crippen molar-refractivity contribution >= 4 is 5.57 Å². The summed E-state index contributed by atoms with van der Waals surface area (Å²) >= 11 is 0. The number of nitrogens with zero attached hydrogens (tertiary/aromatic N) is 2. The van der Waals surface area contributed by atoms with Gasteiger partial charge in [0.15, 0.2) is 0 Å². The van der Waals surface area contributed by atoms with Crippen LogP contribution in [0.1, 0.15) is 51.8 Å². The van der Waals surface area contributed by atoms with E-state index in [4.69, 9.17) is 0 Å². The minimum Gasteiger partial charge on any atom is -0.244 e. The highest BCUT2D eigenvalue weighted by molar-refractivity contribution is 5.65. The van der Waals surface area contributed by atoms with Crippen LogP contribution in [0.4, 0.5) is 0 Å². The fourth-order valence-electron chi connectivity index (χ4n) is 1.45. The second-order valence-electron chi connectivity index (χ2n) is 2.84. The molecule has 15 heavy (non-hydrogen) atoms. The standard InChI is InChI=1S/C9H10N2.2C2H6/c1-7-3-2-4-9-8(7)5-10-6-11-9;2*1-2/h5-6H,1-4H2;2*1-2H3. The molecule has 0 saturated carbocycles. The van der Waals surface area contributed by atoms with Crippen molar-refractivity contribution in [3.8, 4) is 0 Å². The van der Waals surface area contributed by atoms with E-state index in [0.29, 0.717) is 0 Å². The molecule has 2 rings (SSSR count). The Balaban J connectivity index is 0.000000442. The zero-order valence-electron chi connectivity index (χ0n) is 10.4. The largest absolute Gasteiger partial charge is 0.244 e. The Morgan fingerprint density at radius 3 is 2.40 bits per heavy atom. The second kappa shape index (κ2) is 8.16. The van der Waals surface area contributed by atoms with Gasteiger partial charge in [-0.2, -0.15) is 0 Å². The van der Waals surface area contributed by atoms with E-state index in [0.717, 1.165) is 18.5 Å². The summed E-state index contributed by atoms with van der Waals surface area (Å²) in [6, 6.07) is 0. The van der Waals surface area contributed by atoms with Crippen LogP contribution < -0.4 is 0 Å². The molecule has 1 aromatic heterocycles. The van der Waals surface area contributed by atoms with Crippen molar-refractivity contribution in [1.29, 1.82) is 0 Å². The SMILES string of the molecule is C=C1CCCc2ncncc21.CC.CC. The van der Waals surface area contributed by atoms with E-state index in [1.165, 1.54) is 17.6 Å². The molecule has 0 unspecified atom stereocenters. The van der Waals surface area contributed by atoms with Gasteiger partial charge in [-0.25, -0.2) is 9.97 Å².